The third kappa shape index (κ3) is 3.00. The highest BCUT2D eigenvalue weighted by atomic mass is 16.2. The van der Waals surface area contributed by atoms with Gasteiger partial charge in [0.1, 0.15) is 12.1 Å². The molecule has 0 saturated carbocycles. The van der Waals surface area contributed by atoms with Gasteiger partial charge in [0.15, 0.2) is 0 Å². The van der Waals surface area contributed by atoms with Crippen molar-refractivity contribution in [1.29, 1.82) is 0 Å². The van der Waals surface area contributed by atoms with E-state index in [1.807, 2.05) is 48.5 Å². The quantitative estimate of drug-likeness (QED) is 0.385. The molecule has 0 bridgehead atoms. The van der Waals surface area contributed by atoms with Crippen molar-refractivity contribution in [3.05, 3.63) is 101 Å². The monoisotopic (exact) mass is 449 g/mol. The van der Waals surface area contributed by atoms with Gasteiger partial charge in [-0.1, -0.05) is 74.0 Å². The van der Waals surface area contributed by atoms with E-state index in [4.69, 9.17) is 0 Å². The van der Waals surface area contributed by atoms with Crippen LogP contribution >= 0.6 is 0 Å². The third-order valence-corrected chi connectivity index (χ3v) is 7.22. The first kappa shape index (κ1) is 20.7. The molecule has 5 heteroatoms. The van der Waals surface area contributed by atoms with Gasteiger partial charge in [0.25, 0.3) is 5.91 Å². The van der Waals surface area contributed by atoms with Crippen LogP contribution in [0.4, 0.5) is 10.5 Å². The van der Waals surface area contributed by atoms with Gasteiger partial charge in [-0.2, -0.15) is 0 Å². The van der Waals surface area contributed by atoms with Crippen molar-refractivity contribution in [2.45, 2.75) is 45.2 Å². The number of amides is 3. The Hall–Kier alpha value is -3.86. The maximum absolute atomic E-state index is 13.9. The summed E-state index contributed by atoms with van der Waals surface area (Å²) in [7, 11) is 0. The van der Waals surface area contributed by atoms with Crippen molar-refractivity contribution in [2.24, 2.45) is 0 Å². The van der Waals surface area contributed by atoms with Gasteiger partial charge >= 0.3 is 6.03 Å². The summed E-state index contributed by atoms with van der Waals surface area (Å²) in [6.07, 6.45) is 0.507. The minimum absolute atomic E-state index is 0.157. The molecule has 1 fully saturated rings. The lowest BCUT2D eigenvalue weighted by molar-refractivity contribution is -0.120. The molecule has 4 aromatic rings. The molecular weight excluding hydrogens is 422 g/mol. The standard InChI is InChI=1S/C29H27N3O2/c1-17(2)19-11-13-21(14-12-19)31-28(33)25-16-23-22-9-4-5-10-24(22)30-26(23)27(32(25)29(31)34)20-8-6-7-18(3)15-20/h4-15,17,25,27,30H,16H2,1-3H3/t25-,27-/m0/s1. The fourth-order valence-electron chi connectivity index (χ4n) is 5.51. The van der Waals surface area contributed by atoms with Crippen molar-refractivity contribution in [3.63, 3.8) is 0 Å². The van der Waals surface area contributed by atoms with Gasteiger partial charge in [0.05, 0.1) is 5.69 Å². The number of imide groups is 1. The molecule has 1 N–H and O–H groups in total. The van der Waals surface area contributed by atoms with Gasteiger partial charge in [-0.3, -0.25) is 9.69 Å². The highest BCUT2D eigenvalue weighted by Gasteiger charge is 2.53. The number of para-hydroxylation sites is 1. The third-order valence-electron chi connectivity index (χ3n) is 7.22. The molecule has 3 heterocycles. The minimum atomic E-state index is -0.533. The molecule has 2 aliphatic heterocycles. The van der Waals surface area contributed by atoms with Crippen LogP contribution in [-0.4, -0.2) is 27.9 Å². The van der Waals surface area contributed by atoms with E-state index in [2.05, 4.69) is 50.0 Å². The Kier molecular flexibility index (Phi) is 4.63. The van der Waals surface area contributed by atoms with E-state index >= 15 is 0 Å². The predicted molar refractivity (Wildman–Crippen MR) is 134 cm³/mol. The van der Waals surface area contributed by atoms with Crippen LogP contribution in [0, 0.1) is 6.92 Å². The smallest absolute Gasteiger partial charge is 0.332 e. The fourth-order valence-corrected chi connectivity index (χ4v) is 5.51. The number of rotatable bonds is 3. The van der Waals surface area contributed by atoms with E-state index in [0.29, 0.717) is 18.0 Å². The van der Waals surface area contributed by atoms with Gasteiger partial charge in [-0.25, -0.2) is 9.69 Å². The van der Waals surface area contributed by atoms with Crippen LogP contribution in [0.5, 0.6) is 0 Å². The number of benzene rings is 3. The molecule has 1 aromatic heterocycles. The Bertz CT molecular complexity index is 1430. The number of nitrogens with zero attached hydrogens (tertiary/aromatic N) is 2. The van der Waals surface area contributed by atoms with E-state index in [1.54, 1.807) is 4.90 Å². The molecule has 0 aliphatic carbocycles. The molecule has 170 valence electrons. The average Bonchev–Trinajstić information content (AvgIpc) is 3.32. The topological polar surface area (TPSA) is 56.4 Å². The van der Waals surface area contributed by atoms with Crippen LogP contribution < -0.4 is 4.90 Å². The number of hydrogen-bond donors (Lipinski definition) is 1. The SMILES string of the molecule is Cc1cccc([C@H]2c3[nH]c4ccccc4c3C[C@H]3C(=O)N(c4ccc(C(C)C)cc4)C(=O)N23)c1. The van der Waals surface area contributed by atoms with E-state index in [1.165, 1.54) is 10.5 Å². The van der Waals surface area contributed by atoms with E-state index in [-0.39, 0.29) is 18.0 Å². The zero-order valence-corrected chi connectivity index (χ0v) is 19.6. The maximum atomic E-state index is 13.9. The summed E-state index contributed by atoms with van der Waals surface area (Å²) < 4.78 is 0. The first-order valence-corrected chi connectivity index (χ1v) is 11.9. The molecule has 0 spiro atoms. The first-order chi connectivity index (χ1) is 16.4. The summed E-state index contributed by atoms with van der Waals surface area (Å²) in [5, 5.41) is 1.12. The number of fused-ring (bicyclic) bond motifs is 4. The van der Waals surface area contributed by atoms with Crippen LogP contribution in [0.25, 0.3) is 10.9 Å². The van der Waals surface area contributed by atoms with Crippen LogP contribution in [0.3, 0.4) is 0 Å². The number of aromatic nitrogens is 1. The maximum Gasteiger partial charge on any atom is 0.332 e. The number of carbonyl (C=O) groups is 2. The Labute approximate surface area is 199 Å². The molecule has 6 rings (SSSR count). The van der Waals surface area contributed by atoms with Crippen molar-refractivity contribution in [3.8, 4) is 0 Å². The molecule has 0 radical (unpaired) electrons. The molecule has 2 aliphatic rings. The Morgan fingerprint density at radius 2 is 1.71 bits per heavy atom. The fraction of sp³-hybridized carbons (Fsp3) is 0.241. The number of nitrogens with one attached hydrogen (secondary N) is 1. The summed E-state index contributed by atoms with van der Waals surface area (Å²) >= 11 is 0. The number of hydrogen-bond acceptors (Lipinski definition) is 2. The number of aromatic amines is 1. The van der Waals surface area contributed by atoms with Crippen molar-refractivity contribution < 1.29 is 9.59 Å². The lowest BCUT2D eigenvalue weighted by Crippen LogP contribution is -2.44. The average molecular weight is 450 g/mol. The summed E-state index contributed by atoms with van der Waals surface area (Å²) in [6.45, 7) is 6.31. The van der Waals surface area contributed by atoms with Crippen molar-refractivity contribution in [2.75, 3.05) is 4.90 Å². The van der Waals surface area contributed by atoms with Gasteiger partial charge in [-0.05, 0) is 47.7 Å². The number of carbonyl (C=O) groups excluding carboxylic acids is 2. The predicted octanol–water partition coefficient (Wildman–Crippen LogP) is 6.08. The molecule has 3 aromatic carbocycles. The van der Waals surface area contributed by atoms with E-state index < -0.39 is 6.04 Å². The highest BCUT2D eigenvalue weighted by Crippen LogP contribution is 2.45. The van der Waals surface area contributed by atoms with Gasteiger partial charge in [0, 0.05) is 23.0 Å². The number of anilines is 1. The van der Waals surface area contributed by atoms with Crippen LogP contribution in [0.2, 0.25) is 0 Å². The van der Waals surface area contributed by atoms with Crippen LogP contribution in [0.1, 0.15) is 53.8 Å². The first-order valence-electron chi connectivity index (χ1n) is 11.9. The van der Waals surface area contributed by atoms with E-state index in [9.17, 15) is 9.59 Å². The van der Waals surface area contributed by atoms with Gasteiger partial charge in [-0.15, -0.1) is 0 Å². The lowest BCUT2D eigenvalue weighted by atomic mass is 9.88. The van der Waals surface area contributed by atoms with Crippen molar-refractivity contribution in [1.82, 2.24) is 9.88 Å². The second-order valence-electron chi connectivity index (χ2n) is 9.71. The van der Waals surface area contributed by atoms with Gasteiger partial charge in [0.2, 0.25) is 0 Å². The van der Waals surface area contributed by atoms with E-state index in [0.717, 1.165) is 33.3 Å². The normalized spacial score (nSPS) is 19.8. The Morgan fingerprint density at radius 3 is 2.44 bits per heavy atom. The Balaban J connectivity index is 1.50. The number of H-pyrrole nitrogens is 1. The lowest BCUT2D eigenvalue weighted by Gasteiger charge is -2.36. The summed E-state index contributed by atoms with van der Waals surface area (Å²) in [5.41, 5.74) is 7.10. The highest BCUT2D eigenvalue weighted by molar-refractivity contribution is 6.22. The summed E-state index contributed by atoms with van der Waals surface area (Å²) in [5.74, 6) is 0.227. The number of aryl methyl sites for hydroxylation is 1. The minimum Gasteiger partial charge on any atom is -0.356 e. The molecule has 5 nitrogen and oxygen atoms in total. The largest absolute Gasteiger partial charge is 0.356 e. The molecule has 0 unspecified atom stereocenters. The Morgan fingerprint density at radius 1 is 0.941 bits per heavy atom. The van der Waals surface area contributed by atoms with Crippen LogP contribution in [-0.2, 0) is 11.2 Å². The summed E-state index contributed by atoms with van der Waals surface area (Å²) in [4.78, 5) is 34.3. The van der Waals surface area contributed by atoms with Crippen molar-refractivity contribution >= 4 is 28.5 Å². The molecule has 1 saturated heterocycles. The summed E-state index contributed by atoms with van der Waals surface area (Å²) in [6, 6.07) is 23.0. The molecule has 34 heavy (non-hydrogen) atoms. The zero-order chi connectivity index (χ0) is 23.6. The number of urea groups is 1. The van der Waals surface area contributed by atoms with Crippen LogP contribution in [0.15, 0.2) is 72.8 Å². The zero-order valence-electron chi connectivity index (χ0n) is 19.6. The molecule has 2 atom stereocenters. The molecular formula is C29H27N3O2. The second-order valence-corrected chi connectivity index (χ2v) is 9.71. The molecule has 3 amide bonds. The van der Waals surface area contributed by atoms with Gasteiger partial charge < -0.3 is 4.98 Å². The second kappa shape index (κ2) is 7.59.